The van der Waals surface area contributed by atoms with Gasteiger partial charge in [0, 0.05) is 31.4 Å². The quantitative estimate of drug-likeness (QED) is 0.864. The zero-order chi connectivity index (χ0) is 19.3. The van der Waals surface area contributed by atoms with Gasteiger partial charge < -0.3 is 9.88 Å². The molecule has 1 saturated heterocycles. The van der Waals surface area contributed by atoms with Crippen molar-refractivity contribution in [2.75, 3.05) is 13.1 Å². The Bertz CT molecular complexity index is 756. The van der Waals surface area contributed by atoms with Crippen molar-refractivity contribution in [3.05, 3.63) is 54.1 Å². The minimum Gasteiger partial charge on any atom is -0.353 e. The van der Waals surface area contributed by atoms with Crippen LogP contribution in [0.25, 0.3) is 0 Å². The maximum Gasteiger partial charge on any atom is 0.223 e. The van der Waals surface area contributed by atoms with E-state index in [1.807, 2.05) is 19.4 Å². The SMILES string of the molecule is Cn1ccnc1CN1CCC(C(=O)NC2CCC(c3ccccc3)CC2)CC1. The second-order valence-corrected chi connectivity index (χ2v) is 8.47. The molecule has 0 spiro atoms. The molecule has 150 valence electrons. The van der Waals surface area contributed by atoms with Crippen LogP contribution in [0.1, 0.15) is 55.8 Å². The van der Waals surface area contributed by atoms with Crippen LogP contribution in [-0.2, 0) is 18.4 Å². The number of likely N-dealkylation sites (tertiary alicyclic amines) is 1. The van der Waals surface area contributed by atoms with E-state index in [9.17, 15) is 4.79 Å². The summed E-state index contributed by atoms with van der Waals surface area (Å²) < 4.78 is 2.07. The van der Waals surface area contributed by atoms with Crippen LogP contribution in [-0.4, -0.2) is 39.5 Å². The van der Waals surface area contributed by atoms with Crippen molar-refractivity contribution in [1.29, 1.82) is 0 Å². The van der Waals surface area contributed by atoms with E-state index in [0.717, 1.165) is 51.1 Å². The van der Waals surface area contributed by atoms with E-state index < -0.39 is 0 Å². The molecule has 5 heteroatoms. The zero-order valence-electron chi connectivity index (χ0n) is 16.9. The Morgan fingerprint density at radius 2 is 1.79 bits per heavy atom. The van der Waals surface area contributed by atoms with Crippen molar-refractivity contribution in [1.82, 2.24) is 19.8 Å². The van der Waals surface area contributed by atoms with E-state index in [2.05, 4.69) is 50.1 Å². The Balaban J connectivity index is 1.19. The topological polar surface area (TPSA) is 50.2 Å². The summed E-state index contributed by atoms with van der Waals surface area (Å²) >= 11 is 0. The van der Waals surface area contributed by atoms with E-state index >= 15 is 0 Å². The summed E-state index contributed by atoms with van der Waals surface area (Å²) in [4.78, 5) is 19.6. The van der Waals surface area contributed by atoms with E-state index in [-0.39, 0.29) is 11.8 Å². The minimum atomic E-state index is 0.171. The molecule has 1 aromatic heterocycles. The second-order valence-electron chi connectivity index (χ2n) is 8.47. The van der Waals surface area contributed by atoms with Gasteiger partial charge in [0.05, 0.1) is 6.54 Å². The summed E-state index contributed by atoms with van der Waals surface area (Å²) in [5, 5.41) is 3.36. The molecule has 1 aliphatic heterocycles. The van der Waals surface area contributed by atoms with Crippen molar-refractivity contribution in [2.24, 2.45) is 13.0 Å². The highest BCUT2D eigenvalue weighted by molar-refractivity contribution is 5.79. The van der Waals surface area contributed by atoms with Gasteiger partial charge in [-0.15, -0.1) is 0 Å². The summed E-state index contributed by atoms with van der Waals surface area (Å²) in [6.45, 7) is 2.83. The third kappa shape index (κ3) is 4.64. The molecule has 28 heavy (non-hydrogen) atoms. The predicted molar refractivity (Wildman–Crippen MR) is 111 cm³/mol. The average Bonchev–Trinajstić information content (AvgIpc) is 3.14. The summed E-state index contributed by atoms with van der Waals surface area (Å²) in [7, 11) is 2.04. The molecule has 2 aromatic rings. The molecule has 4 rings (SSSR count). The number of aryl methyl sites for hydroxylation is 1. The van der Waals surface area contributed by atoms with Crippen LogP contribution in [0.4, 0.5) is 0 Å². The van der Waals surface area contributed by atoms with Gasteiger partial charge in [0.15, 0.2) is 0 Å². The molecule has 0 unspecified atom stereocenters. The zero-order valence-corrected chi connectivity index (χ0v) is 16.9. The standard InChI is InChI=1S/C23H32N4O/c1-26-16-13-24-22(26)17-27-14-11-20(12-15-27)23(28)25-21-9-7-19(8-10-21)18-5-3-2-4-6-18/h2-6,13,16,19-21H,7-12,14-15,17H2,1H3,(H,25,28). The first-order chi connectivity index (χ1) is 13.7. The van der Waals surface area contributed by atoms with Gasteiger partial charge >= 0.3 is 0 Å². The van der Waals surface area contributed by atoms with Crippen LogP contribution in [0.3, 0.4) is 0 Å². The molecule has 0 atom stereocenters. The lowest BCUT2D eigenvalue weighted by molar-refractivity contribution is -0.127. The van der Waals surface area contributed by atoms with Gasteiger partial charge in [0.1, 0.15) is 5.82 Å². The number of hydrogen-bond donors (Lipinski definition) is 1. The van der Waals surface area contributed by atoms with Gasteiger partial charge in [-0.2, -0.15) is 0 Å². The third-order valence-electron chi connectivity index (χ3n) is 6.59. The van der Waals surface area contributed by atoms with E-state index in [0.29, 0.717) is 12.0 Å². The van der Waals surface area contributed by atoms with E-state index in [4.69, 9.17) is 0 Å². The van der Waals surface area contributed by atoms with Gasteiger partial charge in [0.2, 0.25) is 5.91 Å². The molecular weight excluding hydrogens is 348 g/mol. The number of rotatable bonds is 5. The first-order valence-corrected chi connectivity index (χ1v) is 10.7. The van der Waals surface area contributed by atoms with Gasteiger partial charge in [-0.1, -0.05) is 30.3 Å². The van der Waals surface area contributed by atoms with Crippen LogP contribution in [0.5, 0.6) is 0 Å². The van der Waals surface area contributed by atoms with Crippen molar-refractivity contribution in [2.45, 2.75) is 57.0 Å². The van der Waals surface area contributed by atoms with Gasteiger partial charge in [-0.05, 0) is 63.1 Å². The second kappa shape index (κ2) is 8.91. The normalized spacial score (nSPS) is 24.2. The number of imidazole rings is 1. The largest absolute Gasteiger partial charge is 0.353 e. The lowest BCUT2D eigenvalue weighted by atomic mass is 9.81. The summed E-state index contributed by atoms with van der Waals surface area (Å²) in [6.07, 6.45) is 10.3. The molecule has 1 aliphatic carbocycles. The van der Waals surface area contributed by atoms with Crippen LogP contribution in [0.2, 0.25) is 0 Å². The fourth-order valence-corrected chi connectivity index (χ4v) is 4.72. The van der Waals surface area contributed by atoms with Crippen molar-refractivity contribution in [3.8, 4) is 0 Å². The van der Waals surface area contributed by atoms with Crippen LogP contribution in [0, 0.1) is 5.92 Å². The molecular formula is C23H32N4O. The number of piperidine rings is 1. The molecule has 1 N–H and O–H groups in total. The monoisotopic (exact) mass is 380 g/mol. The molecule has 2 aliphatic rings. The smallest absolute Gasteiger partial charge is 0.223 e. The predicted octanol–water partition coefficient (Wildman–Crippen LogP) is 3.47. The van der Waals surface area contributed by atoms with Crippen LogP contribution in [0.15, 0.2) is 42.7 Å². The van der Waals surface area contributed by atoms with E-state index in [1.54, 1.807) is 0 Å². The van der Waals surface area contributed by atoms with Crippen LogP contribution < -0.4 is 5.32 Å². The highest BCUT2D eigenvalue weighted by atomic mass is 16.1. The number of carbonyl (C=O) groups is 1. The van der Waals surface area contributed by atoms with Crippen molar-refractivity contribution < 1.29 is 4.79 Å². The molecule has 2 fully saturated rings. The molecule has 1 saturated carbocycles. The fourth-order valence-electron chi connectivity index (χ4n) is 4.72. The molecule has 2 heterocycles. The molecule has 0 radical (unpaired) electrons. The first-order valence-electron chi connectivity index (χ1n) is 10.7. The number of aromatic nitrogens is 2. The lowest BCUT2D eigenvalue weighted by Gasteiger charge is -2.33. The van der Waals surface area contributed by atoms with Gasteiger partial charge in [-0.25, -0.2) is 4.98 Å². The Kier molecular flexibility index (Phi) is 6.10. The fraction of sp³-hybridized carbons (Fsp3) is 0.565. The van der Waals surface area contributed by atoms with Gasteiger partial charge in [0.25, 0.3) is 0 Å². The van der Waals surface area contributed by atoms with Gasteiger partial charge in [-0.3, -0.25) is 9.69 Å². The number of hydrogen-bond acceptors (Lipinski definition) is 3. The van der Waals surface area contributed by atoms with Crippen molar-refractivity contribution >= 4 is 5.91 Å². The number of nitrogens with zero attached hydrogens (tertiary/aromatic N) is 3. The Morgan fingerprint density at radius 1 is 1.07 bits per heavy atom. The summed E-state index contributed by atoms with van der Waals surface area (Å²) in [6, 6.07) is 11.2. The number of amides is 1. The highest BCUT2D eigenvalue weighted by Gasteiger charge is 2.29. The third-order valence-corrected chi connectivity index (χ3v) is 6.59. The molecule has 1 aromatic carbocycles. The Morgan fingerprint density at radius 3 is 2.43 bits per heavy atom. The first kappa shape index (κ1) is 19.2. The minimum absolute atomic E-state index is 0.171. The average molecular weight is 381 g/mol. The van der Waals surface area contributed by atoms with E-state index in [1.165, 1.54) is 18.4 Å². The number of carbonyl (C=O) groups excluding carboxylic acids is 1. The Labute approximate surface area is 168 Å². The number of benzene rings is 1. The van der Waals surface area contributed by atoms with Crippen molar-refractivity contribution in [3.63, 3.8) is 0 Å². The highest BCUT2D eigenvalue weighted by Crippen LogP contribution is 2.33. The number of nitrogens with one attached hydrogen (secondary N) is 1. The molecule has 5 nitrogen and oxygen atoms in total. The lowest BCUT2D eigenvalue weighted by Crippen LogP contribution is -2.44. The summed E-state index contributed by atoms with van der Waals surface area (Å²) in [5.74, 6) is 2.20. The maximum absolute atomic E-state index is 12.7. The Hall–Kier alpha value is -2.14. The maximum atomic E-state index is 12.7. The summed E-state index contributed by atoms with van der Waals surface area (Å²) in [5.41, 5.74) is 1.45. The molecule has 0 bridgehead atoms. The molecule has 1 amide bonds. The van der Waals surface area contributed by atoms with Crippen LogP contribution >= 0.6 is 0 Å².